The van der Waals surface area contributed by atoms with Gasteiger partial charge in [0.1, 0.15) is 5.52 Å². The Morgan fingerprint density at radius 1 is 0.800 bits per heavy atom. The zero-order valence-electron chi connectivity index (χ0n) is 13.5. The van der Waals surface area contributed by atoms with Crippen molar-refractivity contribution in [1.29, 1.82) is 0 Å². The number of hydrazone groups is 1. The number of oxazole rings is 1. The number of aromatic nitrogens is 1. The van der Waals surface area contributed by atoms with Crippen LogP contribution in [0.25, 0.3) is 11.1 Å². The van der Waals surface area contributed by atoms with Gasteiger partial charge in [0.25, 0.3) is 0 Å². The van der Waals surface area contributed by atoms with E-state index in [2.05, 4.69) is 39.8 Å². The van der Waals surface area contributed by atoms with E-state index in [1.54, 1.807) is 0 Å². The van der Waals surface area contributed by atoms with E-state index in [9.17, 15) is 0 Å². The van der Waals surface area contributed by atoms with E-state index in [-0.39, 0.29) is 5.92 Å². The molecule has 25 heavy (non-hydrogen) atoms. The monoisotopic (exact) mass is 327 g/mol. The molecule has 122 valence electrons. The largest absolute Gasteiger partial charge is 0.422 e. The number of anilines is 1. The Morgan fingerprint density at radius 2 is 1.40 bits per heavy atom. The Bertz CT molecular complexity index is 905. The summed E-state index contributed by atoms with van der Waals surface area (Å²) < 4.78 is 5.63. The molecule has 0 fully saturated rings. The van der Waals surface area contributed by atoms with Gasteiger partial charge in [-0.2, -0.15) is 10.1 Å². The minimum Gasteiger partial charge on any atom is -0.422 e. The maximum Gasteiger partial charge on any atom is 0.316 e. The normalized spacial score (nSPS) is 11.4. The molecule has 1 N–H and O–H groups in total. The van der Waals surface area contributed by atoms with Crippen LogP contribution in [0, 0.1) is 0 Å². The first-order chi connectivity index (χ1) is 12.4. The molecular weight excluding hydrogens is 310 g/mol. The van der Waals surface area contributed by atoms with Crippen LogP contribution < -0.4 is 5.43 Å². The van der Waals surface area contributed by atoms with Gasteiger partial charge in [-0.05, 0) is 23.3 Å². The molecule has 0 atom stereocenters. The second kappa shape index (κ2) is 7.01. The third-order valence-corrected chi connectivity index (χ3v) is 4.00. The van der Waals surface area contributed by atoms with Gasteiger partial charge in [0.15, 0.2) is 5.58 Å². The summed E-state index contributed by atoms with van der Waals surface area (Å²) in [6, 6.07) is 28.6. The van der Waals surface area contributed by atoms with Crippen molar-refractivity contribution in [1.82, 2.24) is 4.98 Å². The quantitative estimate of drug-likeness (QED) is 0.412. The maximum atomic E-state index is 5.63. The summed E-state index contributed by atoms with van der Waals surface area (Å²) in [4.78, 5) is 4.36. The van der Waals surface area contributed by atoms with Crippen molar-refractivity contribution in [3.63, 3.8) is 0 Å². The summed E-state index contributed by atoms with van der Waals surface area (Å²) in [7, 11) is 0. The zero-order chi connectivity index (χ0) is 16.9. The van der Waals surface area contributed by atoms with E-state index in [1.807, 2.05) is 66.9 Å². The van der Waals surface area contributed by atoms with Gasteiger partial charge >= 0.3 is 6.01 Å². The van der Waals surface area contributed by atoms with Crippen LogP contribution in [0.15, 0.2) is 94.4 Å². The average molecular weight is 327 g/mol. The summed E-state index contributed by atoms with van der Waals surface area (Å²) >= 11 is 0. The van der Waals surface area contributed by atoms with Gasteiger partial charge in [-0.1, -0.05) is 72.8 Å². The molecule has 0 spiro atoms. The molecule has 4 rings (SSSR count). The van der Waals surface area contributed by atoms with E-state index in [4.69, 9.17) is 4.42 Å². The lowest BCUT2D eigenvalue weighted by Gasteiger charge is -2.12. The molecule has 0 radical (unpaired) electrons. The van der Waals surface area contributed by atoms with Crippen molar-refractivity contribution in [2.45, 2.75) is 5.92 Å². The van der Waals surface area contributed by atoms with Crippen LogP contribution in [0.1, 0.15) is 17.0 Å². The average Bonchev–Trinajstić information content (AvgIpc) is 3.09. The van der Waals surface area contributed by atoms with Crippen LogP contribution >= 0.6 is 0 Å². The van der Waals surface area contributed by atoms with Crippen LogP contribution in [-0.2, 0) is 0 Å². The highest BCUT2D eigenvalue weighted by Gasteiger charge is 2.11. The Hall–Kier alpha value is -3.40. The van der Waals surface area contributed by atoms with Crippen LogP contribution in [0.5, 0.6) is 0 Å². The number of nitrogens with one attached hydrogen (secondary N) is 1. The molecule has 1 aromatic heterocycles. The first-order valence-electron chi connectivity index (χ1n) is 8.15. The van der Waals surface area contributed by atoms with Gasteiger partial charge in [0.05, 0.1) is 0 Å². The maximum absolute atomic E-state index is 5.63. The first kappa shape index (κ1) is 15.1. The Labute approximate surface area is 145 Å². The second-order valence-corrected chi connectivity index (χ2v) is 5.68. The molecule has 3 aromatic carbocycles. The third-order valence-electron chi connectivity index (χ3n) is 4.00. The molecule has 4 aromatic rings. The predicted octanol–water partition coefficient (Wildman–Crippen LogP) is 5.06. The fourth-order valence-electron chi connectivity index (χ4n) is 2.77. The number of para-hydroxylation sites is 2. The van der Waals surface area contributed by atoms with Crippen molar-refractivity contribution in [2.24, 2.45) is 5.10 Å². The molecule has 0 aliphatic carbocycles. The number of rotatable bonds is 5. The lowest BCUT2D eigenvalue weighted by molar-refractivity contribution is 0.617. The standard InChI is InChI=1S/C21H17N3O/c1-3-9-16(10-4-1)18(17-11-5-2-6-12-17)15-22-24-21-23-19-13-7-8-14-20(19)25-21/h1-15,18H,(H,23,24)/b22-15+. The van der Waals surface area contributed by atoms with Crippen molar-refractivity contribution < 1.29 is 4.42 Å². The minimum atomic E-state index is 0.0549. The lowest BCUT2D eigenvalue weighted by Crippen LogP contribution is -2.04. The number of hydrogen-bond acceptors (Lipinski definition) is 4. The highest BCUT2D eigenvalue weighted by molar-refractivity contribution is 5.75. The summed E-state index contributed by atoms with van der Waals surface area (Å²) in [6.45, 7) is 0. The Balaban J connectivity index is 1.59. The van der Waals surface area contributed by atoms with Gasteiger partial charge in [0, 0.05) is 12.1 Å². The third kappa shape index (κ3) is 3.43. The highest BCUT2D eigenvalue weighted by Crippen LogP contribution is 2.23. The Kier molecular flexibility index (Phi) is 4.25. The lowest BCUT2D eigenvalue weighted by atomic mass is 9.92. The highest BCUT2D eigenvalue weighted by atomic mass is 16.4. The first-order valence-corrected chi connectivity index (χ1v) is 8.15. The molecule has 4 heteroatoms. The Morgan fingerprint density at radius 3 is 2.04 bits per heavy atom. The fraction of sp³-hybridized carbons (Fsp3) is 0.0476. The van der Waals surface area contributed by atoms with Crippen molar-refractivity contribution >= 4 is 23.3 Å². The van der Waals surface area contributed by atoms with Crippen LogP contribution in [0.2, 0.25) is 0 Å². The van der Waals surface area contributed by atoms with E-state index < -0.39 is 0 Å². The van der Waals surface area contributed by atoms with E-state index in [0.29, 0.717) is 6.01 Å². The van der Waals surface area contributed by atoms with Crippen LogP contribution in [-0.4, -0.2) is 11.2 Å². The van der Waals surface area contributed by atoms with Gasteiger partial charge in [0.2, 0.25) is 0 Å². The number of hydrogen-bond donors (Lipinski definition) is 1. The molecule has 0 saturated carbocycles. The smallest absolute Gasteiger partial charge is 0.316 e. The number of nitrogens with zero attached hydrogens (tertiary/aromatic N) is 2. The minimum absolute atomic E-state index is 0.0549. The number of benzene rings is 3. The fourth-order valence-corrected chi connectivity index (χ4v) is 2.77. The van der Waals surface area contributed by atoms with E-state index >= 15 is 0 Å². The molecule has 4 nitrogen and oxygen atoms in total. The van der Waals surface area contributed by atoms with Gasteiger partial charge < -0.3 is 4.42 Å². The zero-order valence-corrected chi connectivity index (χ0v) is 13.5. The van der Waals surface area contributed by atoms with Gasteiger partial charge in [-0.15, -0.1) is 0 Å². The predicted molar refractivity (Wildman–Crippen MR) is 101 cm³/mol. The molecule has 0 aliphatic heterocycles. The summed E-state index contributed by atoms with van der Waals surface area (Å²) in [6.07, 6.45) is 1.87. The molecule has 0 unspecified atom stereocenters. The molecule has 0 bridgehead atoms. The van der Waals surface area contributed by atoms with Crippen molar-refractivity contribution in [2.75, 3.05) is 5.43 Å². The van der Waals surface area contributed by atoms with Crippen molar-refractivity contribution in [3.8, 4) is 0 Å². The summed E-state index contributed by atoms with van der Waals surface area (Å²) in [5, 5.41) is 4.36. The summed E-state index contributed by atoms with van der Waals surface area (Å²) in [5.41, 5.74) is 6.80. The van der Waals surface area contributed by atoms with Crippen LogP contribution in [0.3, 0.4) is 0 Å². The topological polar surface area (TPSA) is 50.4 Å². The second-order valence-electron chi connectivity index (χ2n) is 5.68. The molecule has 0 saturated heterocycles. The van der Waals surface area contributed by atoms with E-state index in [0.717, 1.165) is 11.1 Å². The summed E-state index contributed by atoms with van der Waals surface area (Å²) in [5.74, 6) is 0.0549. The number of fused-ring (bicyclic) bond motifs is 1. The van der Waals surface area contributed by atoms with Crippen LogP contribution in [0.4, 0.5) is 6.01 Å². The molecular formula is C21H17N3O. The molecule has 0 aliphatic rings. The van der Waals surface area contributed by atoms with Gasteiger partial charge in [-0.25, -0.2) is 5.43 Å². The molecule has 0 amide bonds. The SMILES string of the molecule is C(=N\Nc1nc2ccccc2o1)/C(c1ccccc1)c1ccccc1. The molecule has 1 heterocycles. The van der Waals surface area contributed by atoms with Crippen molar-refractivity contribution in [3.05, 3.63) is 96.1 Å². The van der Waals surface area contributed by atoms with E-state index in [1.165, 1.54) is 11.1 Å². The van der Waals surface area contributed by atoms with Gasteiger partial charge in [-0.3, -0.25) is 0 Å².